The Morgan fingerprint density at radius 3 is 2.47 bits per heavy atom. The number of nitrogens with zero attached hydrogens (tertiary/aromatic N) is 2. The van der Waals surface area contributed by atoms with Crippen LogP contribution in [0.15, 0.2) is 0 Å². The monoisotopic (exact) mass is 213 g/mol. The zero-order valence-corrected chi connectivity index (χ0v) is 9.56. The standard InChI is InChI=1S/C10H19N3O2/c1-4-12-9(14)8(3)13(10(12)15)6-7(2)5-11/h7-8H,4-6,11H2,1-3H3. The Balaban J connectivity index is 2.74. The van der Waals surface area contributed by atoms with Crippen LogP contribution in [0.4, 0.5) is 4.79 Å². The molecule has 3 amide bonds. The Bertz CT molecular complexity index is 267. The highest BCUT2D eigenvalue weighted by Gasteiger charge is 2.41. The largest absolute Gasteiger partial charge is 0.330 e. The van der Waals surface area contributed by atoms with Crippen LogP contribution in [-0.2, 0) is 4.79 Å². The number of rotatable bonds is 4. The average molecular weight is 213 g/mol. The van der Waals surface area contributed by atoms with Crippen molar-refractivity contribution in [2.24, 2.45) is 11.7 Å². The predicted octanol–water partition coefficient (Wildman–Crippen LogP) is 0.254. The summed E-state index contributed by atoms with van der Waals surface area (Å²) in [5.41, 5.74) is 5.51. The number of hydrogen-bond acceptors (Lipinski definition) is 3. The van der Waals surface area contributed by atoms with Gasteiger partial charge in [0.1, 0.15) is 6.04 Å². The first-order valence-electron chi connectivity index (χ1n) is 5.34. The first kappa shape index (κ1) is 12.0. The highest BCUT2D eigenvalue weighted by Crippen LogP contribution is 2.18. The van der Waals surface area contributed by atoms with Crippen molar-refractivity contribution in [2.75, 3.05) is 19.6 Å². The van der Waals surface area contributed by atoms with Gasteiger partial charge < -0.3 is 10.6 Å². The minimum atomic E-state index is -0.341. The third kappa shape index (κ3) is 2.12. The smallest absolute Gasteiger partial charge is 0.327 e. The zero-order valence-electron chi connectivity index (χ0n) is 9.56. The molecule has 0 bridgehead atoms. The van der Waals surface area contributed by atoms with Crippen molar-refractivity contribution in [2.45, 2.75) is 26.8 Å². The summed E-state index contributed by atoms with van der Waals surface area (Å²) in [6, 6.07) is -0.526. The minimum Gasteiger partial charge on any atom is -0.330 e. The first-order valence-corrected chi connectivity index (χ1v) is 5.34. The zero-order chi connectivity index (χ0) is 11.6. The van der Waals surface area contributed by atoms with Crippen molar-refractivity contribution in [3.8, 4) is 0 Å². The van der Waals surface area contributed by atoms with E-state index in [0.29, 0.717) is 19.6 Å². The van der Waals surface area contributed by atoms with Crippen LogP contribution in [0.25, 0.3) is 0 Å². The Morgan fingerprint density at radius 2 is 2.07 bits per heavy atom. The van der Waals surface area contributed by atoms with E-state index in [2.05, 4.69) is 0 Å². The van der Waals surface area contributed by atoms with Crippen LogP contribution in [-0.4, -0.2) is 47.4 Å². The molecule has 0 aromatic heterocycles. The van der Waals surface area contributed by atoms with Crippen molar-refractivity contribution in [3.05, 3.63) is 0 Å². The summed E-state index contributed by atoms with van der Waals surface area (Å²) in [4.78, 5) is 26.3. The van der Waals surface area contributed by atoms with Crippen molar-refractivity contribution in [1.82, 2.24) is 9.80 Å². The summed E-state index contributed by atoms with van der Waals surface area (Å²) in [6.07, 6.45) is 0. The predicted molar refractivity (Wildman–Crippen MR) is 57.2 cm³/mol. The number of hydrogen-bond donors (Lipinski definition) is 1. The second kappa shape index (κ2) is 4.61. The summed E-state index contributed by atoms with van der Waals surface area (Å²) in [5.74, 6) is 0.118. The fourth-order valence-corrected chi connectivity index (χ4v) is 1.71. The quantitative estimate of drug-likeness (QED) is 0.681. The molecule has 0 radical (unpaired) electrons. The number of carbonyl (C=O) groups is 2. The van der Waals surface area contributed by atoms with Crippen LogP contribution in [0.3, 0.4) is 0 Å². The van der Waals surface area contributed by atoms with E-state index in [1.807, 2.05) is 6.92 Å². The van der Waals surface area contributed by atoms with Crippen molar-refractivity contribution < 1.29 is 9.59 Å². The molecule has 1 saturated heterocycles. The van der Waals surface area contributed by atoms with Crippen LogP contribution in [0.1, 0.15) is 20.8 Å². The van der Waals surface area contributed by atoms with Gasteiger partial charge in [0.05, 0.1) is 0 Å². The number of likely N-dealkylation sites (N-methyl/N-ethyl adjacent to an activating group) is 1. The normalized spacial score (nSPS) is 23.9. The molecular formula is C10H19N3O2. The lowest BCUT2D eigenvalue weighted by atomic mass is 10.1. The second-order valence-corrected chi connectivity index (χ2v) is 4.03. The number of imide groups is 1. The molecular weight excluding hydrogens is 194 g/mol. The van der Waals surface area contributed by atoms with Gasteiger partial charge in [-0.25, -0.2) is 4.79 Å². The SMILES string of the molecule is CCN1C(=O)C(C)N(CC(C)CN)C1=O. The van der Waals surface area contributed by atoms with Gasteiger partial charge in [-0.15, -0.1) is 0 Å². The van der Waals surface area contributed by atoms with E-state index in [-0.39, 0.29) is 23.9 Å². The molecule has 2 unspecified atom stereocenters. The van der Waals surface area contributed by atoms with Crippen LogP contribution >= 0.6 is 0 Å². The minimum absolute atomic E-state index is 0.105. The third-order valence-corrected chi connectivity index (χ3v) is 2.79. The molecule has 1 heterocycles. The van der Waals surface area contributed by atoms with Gasteiger partial charge in [0.15, 0.2) is 0 Å². The maximum Gasteiger partial charge on any atom is 0.327 e. The van der Waals surface area contributed by atoms with E-state index in [1.54, 1.807) is 18.7 Å². The van der Waals surface area contributed by atoms with Gasteiger partial charge in [-0.1, -0.05) is 6.92 Å². The van der Waals surface area contributed by atoms with E-state index in [1.165, 1.54) is 4.90 Å². The molecule has 1 aliphatic heterocycles. The second-order valence-electron chi connectivity index (χ2n) is 4.03. The molecule has 0 saturated carbocycles. The van der Waals surface area contributed by atoms with Crippen LogP contribution in [0.2, 0.25) is 0 Å². The summed E-state index contributed by atoms with van der Waals surface area (Å²) >= 11 is 0. The van der Waals surface area contributed by atoms with Gasteiger partial charge in [0.25, 0.3) is 5.91 Å². The Hall–Kier alpha value is -1.10. The van der Waals surface area contributed by atoms with Gasteiger partial charge in [-0.05, 0) is 26.3 Å². The van der Waals surface area contributed by atoms with Gasteiger partial charge in [-0.2, -0.15) is 0 Å². The molecule has 2 atom stereocenters. The summed E-state index contributed by atoms with van der Waals surface area (Å²) < 4.78 is 0. The highest BCUT2D eigenvalue weighted by atomic mass is 16.2. The topological polar surface area (TPSA) is 66.6 Å². The lowest BCUT2D eigenvalue weighted by Gasteiger charge is -2.22. The molecule has 0 aliphatic carbocycles. The number of carbonyl (C=O) groups excluding carboxylic acids is 2. The molecule has 0 aromatic rings. The molecule has 2 N–H and O–H groups in total. The highest BCUT2D eigenvalue weighted by molar-refractivity contribution is 6.03. The lowest BCUT2D eigenvalue weighted by molar-refractivity contribution is -0.127. The van der Waals surface area contributed by atoms with Crippen molar-refractivity contribution >= 4 is 11.9 Å². The van der Waals surface area contributed by atoms with Crippen LogP contribution < -0.4 is 5.73 Å². The molecule has 5 nitrogen and oxygen atoms in total. The molecule has 1 rings (SSSR count). The molecule has 1 aliphatic rings. The van der Waals surface area contributed by atoms with Gasteiger partial charge in [0.2, 0.25) is 0 Å². The summed E-state index contributed by atoms with van der Waals surface area (Å²) in [5, 5.41) is 0. The fourth-order valence-electron chi connectivity index (χ4n) is 1.71. The average Bonchev–Trinajstić information content (AvgIpc) is 2.42. The van der Waals surface area contributed by atoms with E-state index in [4.69, 9.17) is 5.73 Å². The van der Waals surface area contributed by atoms with E-state index >= 15 is 0 Å². The van der Waals surface area contributed by atoms with Crippen LogP contribution in [0.5, 0.6) is 0 Å². The Labute approximate surface area is 90.2 Å². The molecule has 5 heteroatoms. The fraction of sp³-hybridized carbons (Fsp3) is 0.800. The van der Waals surface area contributed by atoms with Crippen LogP contribution in [0, 0.1) is 5.92 Å². The van der Waals surface area contributed by atoms with Gasteiger partial charge >= 0.3 is 6.03 Å². The Morgan fingerprint density at radius 1 is 1.47 bits per heavy atom. The molecule has 0 aromatic carbocycles. The molecule has 1 fully saturated rings. The number of urea groups is 1. The molecule has 0 spiro atoms. The van der Waals surface area contributed by atoms with Gasteiger partial charge in [-0.3, -0.25) is 9.69 Å². The molecule has 86 valence electrons. The third-order valence-electron chi connectivity index (χ3n) is 2.79. The van der Waals surface area contributed by atoms with Gasteiger partial charge in [0, 0.05) is 13.1 Å². The van der Waals surface area contributed by atoms with E-state index in [9.17, 15) is 9.59 Å². The number of amides is 3. The summed E-state index contributed by atoms with van der Waals surface area (Å²) in [7, 11) is 0. The molecule has 15 heavy (non-hydrogen) atoms. The lowest BCUT2D eigenvalue weighted by Crippen LogP contribution is -2.38. The van der Waals surface area contributed by atoms with Crippen molar-refractivity contribution in [3.63, 3.8) is 0 Å². The number of nitrogens with two attached hydrogens (primary N) is 1. The van der Waals surface area contributed by atoms with Crippen molar-refractivity contribution in [1.29, 1.82) is 0 Å². The summed E-state index contributed by atoms with van der Waals surface area (Å²) in [6.45, 7) is 7.06. The maximum atomic E-state index is 11.8. The first-order chi connectivity index (χ1) is 7.02. The Kier molecular flexibility index (Phi) is 3.68. The maximum absolute atomic E-state index is 11.8. The van der Waals surface area contributed by atoms with E-state index < -0.39 is 0 Å². The van der Waals surface area contributed by atoms with E-state index in [0.717, 1.165) is 0 Å².